The number of nitrogens with zero attached hydrogens (tertiary/aromatic N) is 3. The molecule has 0 radical (unpaired) electrons. The van der Waals surface area contributed by atoms with E-state index in [2.05, 4.69) is 34.2 Å². The Kier molecular flexibility index (Phi) is 13.8. The number of hydrogen-bond acceptors (Lipinski definition) is 7. The third kappa shape index (κ3) is 11.4. The first-order valence-corrected chi connectivity index (χ1v) is 12.4. The maximum atomic E-state index is 12.9. The summed E-state index contributed by atoms with van der Waals surface area (Å²) in [6, 6.07) is 21.5. The second kappa shape index (κ2) is 17.9. The summed E-state index contributed by atoms with van der Waals surface area (Å²) in [5, 5.41) is 8.00. The molecule has 0 aliphatic heterocycles. The van der Waals surface area contributed by atoms with Gasteiger partial charge in [0, 0.05) is 14.1 Å². The summed E-state index contributed by atoms with van der Waals surface area (Å²) in [5.74, 6) is -0.770. The summed E-state index contributed by atoms with van der Waals surface area (Å²) in [6.07, 6.45) is 6.84. The van der Waals surface area contributed by atoms with Crippen molar-refractivity contribution in [1.82, 2.24) is 15.8 Å². The fourth-order valence-electron chi connectivity index (χ4n) is 2.98. The Hall–Kier alpha value is -5.51. The summed E-state index contributed by atoms with van der Waals surface area (Å²) >= 11 is 0. The molecule has 0 fully saturated rings. The smallest absolute Gasteiger partial charge is 0.275 e. The van der Waals surface area contributed by atoms with E-state index >= 15 is 0 Å². The predicted octanol–water partition coefficient (Wildman–Crippen LogP) is 4.05. The van der Waals surface area contributed by atoms with E-state index in [0.717, 1.165) is 17.5 Å². The van der Waals surface area contributed by atoms with Gasteiger partial charge in [-0.25, -0.2) is 10.9 Å². The molecule has 2 N–H and O–H groups in total. The molecule has 0 aromatic heterocycles. The average Bonchev–Trinajstić information content (AvgIpc) is 3.00. The fourth-order valence-corrected chi connectivity index (χ4v) is 2.98. The van der Waals surface area contributed by atoms with Crippen LogP contribution in [0.2, 0.25) is 0 Å². The largest absolute Gasteiger partial charge is 0.489 e. The summed E-state index contributed by atoms with van der Waals surface area (Å²) in [7, 11) is 3.38. The van der Waals surface area contributed by atoms with Crippen LogP contribution in [0.25, 0.3) is 0 Å². The van der Waals surface area contributed by atoms with Gasteiger partial charge in [-0.3, -0.25) is 14.4 Å². The standard InChI is InChI=1S/C28H26N4O4.C3H7NO/c1-3-15-35-25-17-24(28(34)32-30-20-22-13-9-6-10-14-22)26(36-16-4-2)18-23(25)27(33)31-29-19-21-11-7-5-8-12-21;1-4(2)3-5/h3-14,17-20H,1-2,15-16H2,(H,31,33)(H,32,34);3H,1-2H3/b29-19+,30-20+;. The Morgan fingerprint density at radius 2 is 1.12 bits per heavy atom. The van der Waals surface area contributed by atoms with Crippen molar-refractivity contribution in [2.24, 2.45) is 10.2 Å². The van der Waals surface area contributed by atoms with E-state index in [9.17, 15) is 14.4 Å². The highest BCUT2D eigenvalue weighted by Gasteiger charge is 2.21. The number of carbonyl (C=O) groups is 3. The minimum Gasteiger partial charge on any atom is -0.489 e. The van der Waals surface area contributed by atoms with E-state index in [4.69, 9.17) is 9.47 Å². The average molecular weight is 556 g/mol. The molecule has 3 rings (SSSR count). The number of benzene rings is 3. The Balaban J connectivity index is 0.00000108. The van der Waals surface area contributed by atoms with Crippen LogP contribution in [0.4, 0.5) is 0 Å². The number of rotatable bonds is 13. The molecule has 0 unspecified atom stereocenters. The normalized spacial score (nSPS) is 10.2. The highest BCUT2D eigenvalue weighted by Crippen LogP contribution is 2.30. The number of ether oxygens (including phenoxy) is 2. The van der Waals surface area contributed by atoms with E-state index in [1.54, 1.807) is 14.1 Å². The summed E-state index contributed by atoms with van der Waals surface area (Å²) in [6.45, 7) is 7.51. The maximum absolute atomic E-state index is 12.9. The zero-order chi connectivity index (χ0) is 29.9. The molecule has 3 aromatic rings. The maximum Gasteiger partial charge on any atom is 0.275 e. The lowest BCUT2D eigenvalue weighted by atomic mass is 10.1. The summed E-state index contributed by atoms with van der Waals surface area (Å²) < 4.78 is 11.3. The van der Waals surface area contributed by atoms with Gasteiger partial charge >= 0.3 is 0 Å². The first-order valence-electron chi connectivity index (χ1n) is 12.4. The van der Waals surface area contributed by atoms with Crippen molar-refractivity contribution in [3.05, 3.63) is 120 Å². The number of amides is 3. The predicted molar refractivity (Wildman–Crippen MR) is 161 cm³/mol. The lowest BCUT2D eigenvalue weighted by Gasteiger charge is -2.15. The van der Waals surface area contributed by atoms with Crippen molar-refractivity contribution in [2.45, 2.75) is 0 Å². The summed E-state index contributed by atoms with van der Waals surface area (Å²) in [5.41, 5.74) is 6.84. The molecule has 3 amide bonds. The van der Waals surface area contributed by atoms with Crippen molar-refractivity contribution < 1.29 is 23.9 Å². The van der Waals surface area contributed by atoms with Crippen molar-refractivity contribution >= 4 is 30.7 Å². The van der Waals surface area contributed by atoms with Gasteiger partial charge in [0.15, 0.2) is 0 Å². The van der Waals surface area contributed by atoms with Crippen LogP contribution in [0.15, 0.2) is 108 Å². The second-order valence-corrected chi connectivity index (χ2v) is 8.33. The van der Waals surface area contributed by atoms with Crippen LogP contribution in [-0.4, -0.2) is 62.9 Å². The zero-order valence-electron chi connectivity index (χ0n) is 23.0. The van der Waals surface area contributed by atoms with E-state index < -0.39 is 11.8 Å². The molecule has 0 saturated carbocycles. The molecule has 3 aromatic carbocycles. The van der Waals surface area contributed by atoms with Gasteiger partial charge in [-0.05, 0) is 23.3 Å². The molecule has 0 aliphatic carbocycles. The van der Waals surface area contributed by atoms with Gasteiger partial charge in [0.05, 0.1) is 23.6 Å². The number of hydrazone groups is 2. The molecule has 10 heteroatoms. The quantitative estimate of drug-likeness (QED) is 0.143. The van der Waals surface area contributed by atoms with Crippen LogP contribution in [0.1, 0.15) is 31.8 Å². The highest BCUT2D eigenvalue weighted by molar-refractivity contribution is 6.02. The topological polar surface area (TPSA) is 122 Å². The van der Waals surface area contributed by atoms with Crippen LogP contribution >= 0.6 is 0 Å². The van der Waals surface area contributed by atoms with Gasteiger partial charge in [0.25, 0.3) is 11.8 Å². The van der Waals surface area contributed by atoms with Crippen molar-refractivity contribution in [3.63, 3.8) is 0 Å². The fraction of sp³-hybridized carbons (Fsp3) is 0.129. The van der Waals surface area contributed by atoms with Crippen molar-refractivity contribution in [1.29, 1.82) is 0 Å². The molecule has 0 spiro atoms. The summed E-state index contributed by atoms with van der Waals surface area (Å²) in [4.78, 5) is 36.7. The molecule has 0 bridgehead atoms. The van der Waals surface area contributed by atoms with Crippen LogP contribution in [0, 0.1) is 0 Å². The van der Waals surface area contributed by atoms with E-state index in [-0.39, 0.29) is 35.8 Å². The van der Waals surface area contributed by atoms with Gasteiger partial charge in [-0.1, -0.05) is 86.0 Å². The van der Waals surface area contributed by atoms with Crippen molar-refractivity contribution in [3.8, 4) is 11.5 Å². The molecule has 212 valence electrons. The van der Waals surface area contributed by atoms with Crippen LogP contribution in [0.3, 0.4) is 0 Å². The van der Waals surface area contributed by atoms with Gasteiger partial charge in [-0.15, -0.1) is 0 Å². The molecule has 0 atom stereocenters. The van der Waals surface area contributed by atoms with E-state index in [1.165, 1.54) is 41.6 Å². The van der Waals surface area contributed by atoms with Gasteiger partial charge < -0.3 is 14.4 Å². The second-order valence-electron chi connectivity index (χ2n) is 8.33. The monoisotopic (exact) mass is 555 g/mol. The Labute approximate surface area is 239 Å². The minimum absolute atomic E-state index is 0.119. The van der Waals surface area contributed by atoms with Gasteiger partial charge in [0.2, 0.25) is 6.41 Å². The molecule has 0 heterocycles. The Morgan fingerprint density at radius 1 is 0.756 bits per heavy atom. The van der Waals surface area contributed by atoms with Gasteiger partial charge in [0.1, 0.15) is 24.7 Å². The lowest BCUT2D eigenvalue weighted by Crippen LogP contribution is -2.22. The molecule has 0 saturated heterocycles. The third-order valence-electron chi connectivity index (χ3n) is 4.85. The van der Waals surface area contributed by atoms with Gasteiger partial charge in [-0.2, -0.15) is 10.2 Å². The Morgan fingerprint density at radius 3 is 1.44 bits per heavy atom. The molecular formula is C31H33N5O5. The SMILES string of the molecule is C=CCOc1cc(C(=O)N/N=C/c2ccccc2)c(OCC=C)cc1C(=O)N/N=C/c1ccccc1.CN(C)C=O. The zero-order valence-corrected chi connectivity index (χ0v) is 23.0. The van der Waals surface area contributed by atoms with E-state index in [0.29, 0.717) is 0 Å². The van der Waals surface area contributed by atoms with Crippen molar-refractivity contribution in [2.75, 3.05) is 27.3 Å². The first-order chi connectivity index (χ1) is 19.9. The molecule has 0 aliphatic rings. The number of nitrogens with one attached hydrogen (secondary N) is 2. The highest BCUT2D eigenvalue weighted by atomic mass is 16.5. The molecule has 10 nitrogen and oxygen atoms in total. The first kappa shape index (κ1) is 31.7. The molecule has 41 heavy (non-hydrogen) atoms. The lowest BCUT2D eigenvalue weighted by molar-refractivity contribution is -0.115. The van der Waals surface area contributed by atoms with Crippen LogP contribution in [0.5, 0.6) is 11.5 Å². The van der Waals surface area contributed by atoms with E-state index in [1.807, 2.05) is 60.7 Å². The van der Waals surface area contributed by atoms with Crippen LogP contribution < -0.4 is 20.3 Å². The molecular weight excluding hydrogens is 522 g/mol. The minimum atomic E-state index is -0.543. The number of hydrogen-bond donors (Lipinski definition) is 2. The third-order valence-corrected chi connectivity index (χ3v) is 4.85. The van der Waals surface area contributed by atoms with Crippen LogP contribution in [-0.2, 0) is 4.79 Å². The Bertz CT molecular complexity index is 1260. The number of carbonyl (C=O) groups excluding carboxylic acids is 3.